The molecule has 0 bridgehead atoms. The first kappa shape index (κ1) is 15.8. The van der Waals surface area contributed by atoms with Gasteiger partial charge in [0.05, 0.1) is 12.7 Å². The Morgan fingerprint density at radius 2 is 1.38 bits per heavy atom. The second-order valence-corrected chi connectivity index (χ2v) is 7.47. The zero-order chi connectivity index (χ0) is 14.5. The van der Waals surface area contributed by atoms with Crippen molar-refractivity contribution in [1.82, 2.24) is 4.90 Å². The van der Waals surface area contributed by atoms with Crippen LogP contribution < -0.4 is 0 Å². The molecule has 0 amide bonds. The van der Waals surface area contributed by atoms with E-state index in [0.29, 0.717) is 5.92 Å². The molecule has 2 unspecified atom stereocenters. The number of nitrogens with zero attached hydrogens (tertiary/aromatic N) is 1. The summed E-state index contributed by atoms with van der Waals surface area (Å²) in [6.45, 7) is 2.57. The van der Waals surface area contributed by atoms with E-state index in [2.05, 4.69) is 4.90 Å². The van der Waals surface area contributed by atoms with Crippen LogP contribution in [-0.4, -0.2) is 48.0 Å². The van der Waals surface area contributed by atoms with Crippen LogP contribution in [0.3, 0.4) is 0 Å². The van der Waals surface area contributed by atoms with Gasteiger partial charge in [0.25, 0.3) is 0 Å². The Labute approximate surface area is 130 Å². The Hall–Kier alpha value is -0.120. The van der Waals surface area contributed by atoms with Crippen molar-refractivity contribution in [2.24, 2.45) is 5.92 Å². The maximum absolute atomic E-state index is 10.3. The van der Waals surface area contributed by atoms with Gasteiger partial charge in [-0.3, -0.25) is 4.90 Å². The van der Waals surface area contributed by atoms with Gasteiger partial charge in [0.1, 0.15) is 0 Å². The minimum atomic E-state index is -0.145. The monoisotopic (exact) mass is 295 g/mol. The van der Waals surface area contributed by atoms with E-state index < -0.39 is 0 Å². The second kappa shape index (κ2) is 7.94. The van der Waals surface area contributed by atoms with Gasteiger partial charge in [-0.05, 0) is 32.1 Å². The standard InChI is InChI=1S/C18H33NO2/c20-18-11-12-21-14-15(18)13-19(16-7-3-1-4-8-16)17-9-5-2-6-10-17/h15-18,20H,1-14H2. The Kier molecular flexibility index (Phi) is 5.96. The van der Waals surface area contributed by atoms with E-state index >= 15 is 0 Å². The van der Waals surface area contributed by atoms with E-state index in [-0.39, 0.29) is 6.10 Å². The average Bonchev–Trinajstić information content (AvgIpc) is 2.56. The molecule has 0 spiro atoms. The molecule has 2 atom stereocenters. The zero-order valence-electron chi connectivity index (χ0n) is 13.5. The molecule has 3 nitrogen and oxygen atoms in total. The lowest BCUT2D eigenvalue weighted by atomic mass is 9.87. The largest absolute Gasteiger partial charge is 0.393 e. The summed E-state index contributed by atoms with van der Waals surface area (Å²) in [6.07, 6.45) is 14.6. The van der Waals surface area contributed by atoms with E-state index in [1.165, 1.54) is 64.2 Å². The molecule has 0 aromatic heterocycles. The molecule has 0 aromatic rings. The Balaban J connectivity index is 1.64. The van der Waals surface area contributed by atoms with Crippen LogP contribution in [-0.2, 0) is 4.74 Å². The topological polar surface area (TPSA) is 32.7 Å². The van der Waals surface area contributed by atoms with Gasteiger partial charge in [-0.2, -0.15) is 0 Å². The predicted molar refractivity (Wildman–Crippen MR) is 85.4 cm³/mol. The molecular formula is C18H33NO2. The summed E-state index contributed by atoms with van der Waals surface area (Å²) in [6, 6.07) is 1.55. The molecule has 122 valence electrons. The van der Waals surface area contributed by atoms with Crippen molar-refractivity contribution in [3.8, 4) is 0 Å². The maximum atomic E-state index is 10.3. The van der Waals surface area contributed by atoms with Crippen LogP contribution in [0.5, 0.6) is 0 Å². The lowest BCUT2D eigenvalue weighted by Crippen LogP contribution is -2.50. The molecule has 1 N–H and O–H groups in total. The van der Waals surface area contributed by atoms with Gasteiger partial charge >= 0.3 is 0 Å². The molecular weight excluding hydrogens is 262 g/mol. The molecule has 0 aromatic carbocycles. The highest BCUT2D eigenvalue weighted by Crippen LogP contribution is 2.31. The van der Waals surface area contributed by atoms with Crippen molar-refractivity contribution in [1.29, 1.82) is 0 Å². The van der Waals surface area contributed by atoms with Crippen LogP contribution in [0.25, 0.3) is 0 Å². The van der Waals surface area contributed by atoms with Crippen molar-refractivity contribution in [3.63, 3.8) is 0 Å². The summed E-state index contributed by atoms with van der Waals surface area (Å²) in [7, 11) is 0. The van der Waals surface area contributed by atoms with Crippen LogP contribution in [0.15, 0.2) is 0 Å². The molecule has 1 aliphatic heterocycles. The molecule has 3 heteroatoms. The Bertz CT molecular complexity index is 280. The van der Waals surface area contributed by atoms with E-state index in [1.807, 2.05) is 0 Å². The van der Waals surface area contributed by atoms with Gasteiger partial charge in [-0.25, -0.2) is 0 Å². The molecule has 1 heterocycles. The van der Waals surface area contributed by atoms with Gasteiger partial charge in [0.15, 0.2) is 0 Å². The van der Waals surface area contributed by atoms with Gasteiger partial charge in [-0.1, -0.05) is 38.5 Å². The number of rotatable bonds is 4. The summed E-state index contributed by atoms with van der Waals surface area (Å²) in [5.41, 5.74) is 0. The highest BCUT2D eigenvalue weighted by molar-refractivity contribution is 4.87. The summed E-state index contributed by atoms with van der Waals surface area (Å²) in [5, 5.41) is 10.3. The van der Waals surface area contributed by atoms with Crippen molar-refractivity contribution in [2.75, 3.05) is 19.8 Å². The quantitative estimate of drug-likeness (QED) is 0.863. The molecule has 1 saturated heterocycles. The number of aliphatic hydroxyl groups is 1. The third-order valence-corrected chi connectivity index (χ3v) is 5.97. The van der Waals surface area contributed by atoms with Gasteiger partial charge in [-0.15, -0.1) is 0 Å². The van der Waals surface area contributed by atoms with Crippen LogP contribution in [0, 0.1) is 5.92 Å². The number of ether oxygens (including phenoxy) is 1. The van der Waals surface area contributed by atoms with Gasteiger partial charge in [0.2, 0.25) is 0 Å². The Morgan fingerprint density at radius 1 is 0.810 bits per heavy atom. The third kappa shape index (κ3) is 4.20. The lowest BCUT2D eigenvalue weighted by molar-refractivity contribution is -0.0605. The van der Waals surface area contributed by atoms with Gasteiger partial charge in [0, 0.05) is 31.2 Å². The summed E-state index contributed by atoms with van der Waals surface area (Å²) >= 11 is 0. The normalized spacial score (nSPS) is 33.4. The van der Waals surface area contributed by atoms with E-state index in [1.54, 1.807) is 0 Å². The highest BCUT2D eigenvalue weighted by atomic mass is 16.5. The van der Waals surface area contributed by atoms with Crippen molar-refractivity contribution in [3.05, 3.63) is 0 Å². The predicted octanol–water partition coefficient (Wildman–Crippen LogP) is 3.35. The van der Waals surface area contributed by atoms with Crippen molar-refractivity contribution < 1.29 is 9.84 Å². The Morgan fingerprint density at radius 3 is 1.90 bits per heavy atom. The fourth-order valence-corrected chi connectivity index (χ4v) is 4.65. The first-order chi connectivity index (χ1) is 10.3. The first-order valence-corrected chi connectivity index (χ1v) is 9.36. The van der Waals surface area contributed by atoms with Gasteiger partial charge < -0.3 is 9.84 Å². The molecule has 3 aliphatic rings. The van der Waals surface area contributed by atoms with E-state index in [4.69, 9.17) is 4.74 Å². The molecule has 0 radical (unpaired) electrons. The zero-order valence-corrected chi connectivity index (χ0v) is 13.5. The third-order valence-electron chi connectivity index (χ3n) is 5.97. The number of aliphatic hydroxyl groups excluding tert-OH is 1. The molecule has 3 fully saturated rings. The summed E-state index contributed by atoms with van der Waals surface area (Å²) in [5.74, 6) is 0.336. The van der Waals surface area contributed by atoms with E-state index in [9.17, 15) is 5.11 Å². The summed E-state index contributed by atoms with van der Waals surface area (Å²) < 4.78 is 5.64. The molecule has 21 heavy (non-hydrogen) atoms. The fourth-order valence-electron chi connectivity index (χ4n) is 4.65. The molecule has 2 saturated carbocycles. The van der Waals surface area contributed by atoms with Crippen LogP contribution in [0.1, 0.15) is 70.6 Å². The SMILES string of the molecule is OC1CCOCC1CN(C1CCCCC1)C1CCCCC1. The molecule has 3 rings (SSSR count). The smallest absolute Gasteiger partial charge is 0.0624 e. The van der Waals surface area contributed by atoms with Crippen LogP contribution >= 0.6 is 0 Å². The highest BCUT2D eigenvalue weighted by Gasteiger charge is 2.33. The van der Waals surface area contributed by atoms with Crippen molar-refractivity contribution >= 4 is 0 Å². The minimum absolute atomic E-state index is 0.145. The fraction of sp³-hybridized carbons (Fsp3) is 1.00. The van der Waals surface area contributed by atoms with E-state index in [0.717, 1.165) is 38.3 Å². The van der Waals surface area contributed by atoms with Crippen molar-refractivity contribution in [2.45, 2.75) is 88.8 Å². The minimum Gasteiger partial charge on any atom is -0.393 e. The number of hydrogen-bond donors (Lipinski definition) is 1. The first-order valence-electron chi connectivity index (χ1n) is 9.36. The lowest BCUT2D eigenvalue weighted by Gasteiger charge is -2.44. The maximum Gasteiger partial charge on any atom is 0.0624 e. The number of hydrogen-bond acceptors (Lipinski definition) is 3. The van der Waals surface area contributed by atoms with Crippen LogP contribution in [0.2, 0.25) is 0 Å². The second-order valence-electron chi connectivity index (χ2n) is 7.47. The van der Waals surface area contributed by atoms with Crippen LogP contribution in [0.4, 0.5) is 0 Å². The average molecular weight is 295 g/mol. The molecule has 2 aliphatic carbocycles. The summed E-state index contributed by atoms with van der Waals surface area (Å²) in [4.78, 5) is 2.81.